The SMILES string of the molecule is CCC(=O)Nc1cc(NC(=O)CNc2ccc(C(=O)N3CCOCC3)cc2)ccc1C. The molecule has 8 nitrogen and oxygen atoms in total. The van der Waals surface area contributed by atoms with Crippen molar-refractivity contribution in [2.24, 2.45) is 0 Å². The Morgan fingerprint density at radius 2 is 1.61 bits per heavy atom. The van der Waals surface area contributed by atoms with Crippen molar-refractivity contribution in [2.45, 2.75) is 20.3 Å². The van der Waals surface area contributed by atoms with Crippen LogP contribution in [0.3, 0.4) is 0 Å². The molecule has 2 aromatic rings. The van der Waals surface area contributed by atoms with Gasteiger partial charge in [0.25, 0.3) is 5.91 Å². The number of carbonyl (C=O) groups is 3. The van der Waals surface area contributed by atoms with Gasteiger partial charge in [-0.3, -0.25) is 14.4 Å². The number of hydrogen-bond donors (Lipinski definition) is 3. The van der Waals surface area contributed by atoms with E-state index < -0.39 is 0 Å². The van der Waals surface area contributed by atoms with E-state index >= 15 is 0 Å². The van der Waals surface area contributed by atoms with Gasteiger partial charge in [-0.25, -0.2) is 0 Å². The van der Waals surface area contributed by atoms with E-state index in [-0.39, 0.29) is 24.3 Å². The van der Waals surface area contributed by atoms with E-state index in [1.807, 2.05) is 13.0 Å². The van der Waals surface area contributed by atoms with Gasteiger partial charge in [-0.15, -0.1) is 0 Å². The second kappa shape index (κ2) is 10.6. The minimum Gasteiger partial charge on any atom is -0.378 e. The van der Waals surface area contributed by atoms with Crippen LogP contribution in [0.25, 0.3) is 0 Å². The molecule has 0 radical (unpaired) electrons. The Hall–Kier alpha value is -3.39. The molecule has 1 fully saturated rings. The molecule has 0 saturated carbocycles. The molecule has 3 rings (SSSR count). The number of hydrogen-bond acceptors (Lipinski definition) is 5. The molecule has 164 valence electrons. The average molecular weight is 425 g/mol. The molecular formula is C23H28N4O4. The molecule has 0 unspecified atom stereocenters. The van der Waals surface area contributed by atoms with Crippen LogP contribution in [0.15, 0.2) is 42.5 Å². The molecule has 1 heterocycles. The Kier molecular flexibility index (Phi) is 7.61. The fourth-order valence-corrected chi connectivity index (χ4v) is 3.14. The van der Waals surface area contributed by atoms with Crippen molar-refractivity contribution >= 4 is 34.8 Å². The first-order valence-corrected chi connectivity index (χ1v) is 10.4. The predicted molar refractivity (Wildman–Crippen MR) is 120 cm³/mol. The summed E-state index contributed by atoms with van der Waals surface area (Å²) in [5.74, 6) is -0.313. The Morgan fingerprint density at radius 3 is 2.29 bits per heavy atom. The maximum absolute atomic E-state index is 12.5. The van der Waals surface area contributed by atoms with Gasteiger partial charge >= 0.3 is 0 Å². The Labute approximate surface area is 182 Å². The molecule has 1 aliphatic rings. The van der Waals surface area contributed by atoms with Crippen molar-refractivity contribution in [2.75, 3.05) is 48.8 Å². The third-order valence-corrected chi connectivity index (χ3v) is 5.00. The summed E-state index contributed by atoms with van der Waals surface area (Å²) in [4.78, 5) is 38.2. The topological polar surface area (TPSA) is 99.8 Å². The second-order valence-corrected chi connectivity index (χ2v) is 7.32. The predicted octanol–water partition coefficient (Wildman–Crippen LogP) is 2.87. The maximum atomic E-state index is 12.5. The highest BCUT2D eigenvalue weighted by Crippen LogP contribution is 2.20. The molecule has 1 aliphatic heterocycles. The van der Waals surface area contributed by atoms with Crippen LogP contribution in [-0.4, -0.2) is 55.5 Å². The standard InChI is InChI=1S/C23H28N4O4/c1-3-21(28)26-20-14-19(7-4-16(20)2)25-22(29)15-24-18-8-5-17(6-9-18)23(30)27-10-12-31-13-11-27/h4-9,14,24H,3,10-13,15H2,1-2H3,(H,25,29)(H,26,28). The van der Waals surface area contributed by atoms with Crippen molar-refractivity contribution in [3.8, 4) is 0 Å². The van der Waals surface area contributed by atoms with Gasteiger partial charge in [-0.2, -0.15) is 0 Å². The van der Waals surface area contributed by atoms with Crippen LogP contribution in [0, 0.1) is 6.92 Å². The number of ether oxygens (including phenoxy) is 1. The van der Waals surface area contributed by atoms with Crippen molar-refractivity contribution in [1.82, 2.24) is 4.90 Å². The minimum absolute atomic E-state index is 0.0158. The van der Waals surface area contributed by atoms with E-state index in [4.69, 9.17) is 4.74 Å². The summed E-state index contributed by atoms with van der Waals surface area (Å²) in [7, 11) is 0. The van der Waals surface area contributed by atoms with Crippen LogP contribution in [0.4, 0.5) is 17.1 Å². The van der Waals surface area contributed by atoms with Crippen molar-refractivity contribution < 1.29 is 19.1 Å². The van der Waals surface area contributed by atoms with Gasteiger partial charge in [0, 0.05) is 42.1 Å². The van der Waals surface area contributed by atoms with Crippen LogP contribution in [-0.2, 0) is 14.3 Å². The Bertz CT molecular complexity index is 937. The molecule has 0 atom stereocenters. The lowest BCUT2D eigenvalue weighted by Crippen LogP contribution is -2.40. The molecule has 0 aromatic heterocycles. The van der Waals surface area contributed by atoms with E-state index in [2.05, 4.69) is 16.0 Å². The zero-order valence-electron chi connectivity index (χ0n) is 17.9. The Balaban J connectivity index is 1.52. The van der Waals surface area contributed by atoms with Gasteiger partial charge in [0.2, 0.25) is 11.8 Å². The molecule has 0 bridgehead atoms. The van der Waals surface area contributed by atoms with Crippen LogP contribution in [0.1, 0.15) is 29.3 Å². The maximum Gasteiger partial charge on any atom is 0.254 e. The van der Waals surface area contributed by atoms with Crippen molar-refractivity contribution in [3.63, 3.8) is 0 Å². The molecule has 31 heavy (non-hydrogen) atoms. The first kappa shape index (κ1) is 22.3. The molecule has 2 aromatic carbocycles. The zero-order chi connectivity index (χ0) is 22.2. The smallest absolute Gasteiger partial charge is 0.254 e. The largest absolute Gasteiger partial charge is 0.378 e. The van der Waals surface area contributed by atoms with Crippen LogP contribution in [0.2, 0.25) is 0 Å². The van der Waals surface area contributed by atoms with Gasteiger partial charge < -0.3 is 25.6 Å². The van der Waals surface area contributed by atoms with Crippen molar-refractivity contribution in [1.29, 1.82) is 0 Å². The van der Waals surface area contributed by atoms with Gasteiger partial charge in [0.1, 0.15) is 0 Å². The number of rotatable bonds is 7. The molecule has 3 N–H and O–H groups in total. The van der Waals surface area contributed by atoms with Crippen LogP contribution < -0.4 is 16.0 Å². The third kappa shape index (κ3) is 6.29. The molecule has 8 heteroatoms. The van der Waals surface area contributed by atoms with Gasteiger partial charge in [-0.05, 0) is 48.9 Å². The minimum atomic E-state index is -0.218. The highest BCUT2D eigenvalue weighted by Gasteiger charge is 2.18. The number of amides is 3. The Morgan fingerprint density at radius 1 is 0.935 bits per heavy atom. The number of carbonyl (C=O) groups excluding carboxylic acids is 3. The number of morpholine rings is 1. The van der Waals surface area contributed by atoms with Gasteiger partial charge in [-0.1, -0.05) is 13.0 Å². The number of nitrogens with one attached hydrogen (secondary N) is 3. The number of anilines is 3. The second-order valence-electron chi connectivity index (χ2n) is 7.32. The third-order valence-electron chi connectivity index (χ3n) is 5.00. The number of benzene rings is 2. The highest BCUT2D eigenvalue weighted by molar-refractivity contribution is 5.97. The summed E-state index contributed by atoms with van der Waals surface area (Å²) >= 11 is 0. The van der Waals surface area contributed by atoms with E-state index in [0.717, 1.165) is 11.3 Å². The van der Waals surface area contributed by atoms with Crippen LogP contribution in [0.5, 0.6) is 0 Å². The molecule has 0 spiro atoms. The van der Waals surface area contributed by atoms with E-state index in [1.54, 1.807) is 48.2 Å². The summed E-state index contributed by atoms with van der Waals surface area (Å²) in [6.07, 6.45) is 0.386. The molecule has 0 aliphatic carbocycles. The van der Waals surface area contributed by atoms with E-state index in [9.17, 15) is 14.4 Å². The zero-order valence-corrected chi connectivity index (χ0v) is 17.9. The summed E-state index contributed by atoms with van der Waals surface area (Å²) in [5.41, 5.74) is 3.56. The van der Waals surface area contributed by atoms with Gasteiger partial charge in [0.15, 0.2) is 0 Å². The number of aryl methyl sites for hydroxylation is 1. The summed E-state index contributed by atoms with van der Waals surface area (Å²) in [6, 6.07) is 12.4. The highest BCUT2D eigenvalue weighted by atomic mass is 16.5. The average Bonchev–Trinajstić information content (AvgIpc) is 2.80. The quantitative estimate of drug-likeness (QED) is 0.635. The van der Waals surface area contributed by atoms with E-state index in [1.165, 1.54) is 0 Å². The van der Waals surface area contributed by atoms with Crippen LogP contribution >= 0.6 is 0 Å². The first-order chi connectivity index (χ1) is 15.0. The van der Waals surface area contributed by atoms with E-state index in [0.29, 0.717) is 49.7 Å². The lowest BCUT2D eigenvalue weighted by atomic mass is 10.1. The molecule has 1 saturated heterocycles. The summed E-state index contributed by atoms with van der Waals surface area (Å²) in [5, 5.41) is 8.69. The number of nitrogens with zero attached hydrogens (tertiary/aromatic N) is 1. The fourth-order valence-electron chi connectivity index (χ4n) is 3.14. The summed E-state index contributed by atoms with van der Waals surface area (Å²) in [6.45, 7) is 6.08. The first-order valence-electron chi connectivity index (χ1n) is 10.4. The monoisotopic (exact) mass is 424 g/mol. The summed E-state index contributed by atoms with van der Waals surface area (Å²) < 4.78 is 5.28. The van der Waals surface area contributed by atoms with Gasteiger partial charge in [0.05, 0.1) is 19.8 Å². The molecule has 3 amide bonds. The lowest BCUT2D eigenvalue weighted by molar-refractivity contribution is -0.116. The molecular weight excluding hydrogens is 396 g/mol. The van der Waals surface area contributed by atoms with Crippen molar-refractivity contribution in [3.05, 3.63) is 53.6 Å². The lowest BCUT2D eigenvalue weighted by Gasteiger charge is -2.26. The fraction of sp³-hybridized carbons (Fsp3) is 0.348. The normalized spacial score (nSPS) is 13.4.